The number of aliphatic hydroxyl groups excluding tert-OH is 1. The van der Waals surface area contributed by atoms with Crippen molar-refractivity contribution < 1.29 is 14.6 Å². The van der Waals surface area contributed by atoms with Gasteiger partial charge in [0.1, 0.15) is 0 Å². The molecule has 0 amide bonds. The Morgan fingerprint density at radius 2 is 1.70 bits per heavy atom. The lowest BCUT2D eigenvalue weighted by Gasteiger charge is -2.13. The molecule has 1 atom stereocenters. The van der Waals surface area contributed by atoms with Crippen molar-refractivity contribution in [1.29, 1.82) is 0 Å². The van der Waals surface area contributed by atoms with Crippen molar-refractivity contribution in [2.75, 3.05) is 6.61 Å². The van der Waals surface area contributed by atoms with Crippen molar-refractivity contribution in [1.82, 2.24) is 0 Å². The fraction of sp³-hybridized carbons (Fsp3) is 0.450. The number of unbranched alkanes of at least 4 members (excludes halogenated alkanes) is 5. The summed E-state index contributed by atoms with van der Waals surface area (Å²) in [5.41, 5.74) is 0.607. The Morgan fingerprint density at radius 1 is 1.00 bits per heavy atom. The molecule has 23 heavy (non-hydrogen) atoms. The van der Waals surface area contributed by atoms with Crippen LogP contribution in [0, 0.1) is 0 Å². The zero-order chi connectivity index (χ0) is 16.5. The first-order valence-electron chi connectivity index (χ1n) is 8.56. The van der Waals surface area contributed by atoms with Gasteiger partial charge >= 0.3 is 5.97 Å². The average molecular weight is 314 g/mol. The summed E-state index contributed by atoms with van der Waals surface area (Å²) in [5.74, 6) is -0.560. The van der Waals surface area contributed by atoms with Gasteiger partial charge in [0.15, 0.2) is 6.10 Å². The van der Waals surface area contributed by atoms with Crippen molar-refractivity contribution in [3.05, 3.63) is 48.0 Å². The minimum atomic E-state index is -1.22. The second-order valence-electron chi connectivity index (χ2n) is 5.91. The molecule has 0 spiro atoms. The molecule has 0 saturated heterocycles. The molecule has 0 saturated carbocycles. The molecular formula is C20H26O3. The van der Waals surface area contributed by atoms with Gasteiger partial charge in [0.2, 0.25) is 0 Å². The van der Waals surface area contributed by atoms with E-state index in [-0.39, 0.29) is 0 Å². The Bertz CT molecular complexity index is 616. The SMILES string of the molecule is CCCCCCCCOC(=O)C(O)c1cccc2ccccc12. The Kier molecular flexibility index (Phi) is 7.08. The molecular weight excluding hydrogens is 288 g/mol. The van der Waals surface area contributed by atoms with Crippen molar-refractivity contribution in [3.63, 3.8) is 0 Å². The number of carbonyl (C=O) groups excluding carboxylic acids is 1. The first kappa shape index (κ1) is 17.5. The lowest BCUT2D eigenvalue weighted by Crippen LogP contribution is -2.16. The Labute approximate surface area is 138 Å². The summed E-state index contributed by atoms with van der Waals surface area (Å²) in [6, 6.07) is 13.3. The van der Waals surface area contributed by atoms with Crippen molar-refractivity contribution >= 4 is 16.7 Å². The third-order valence-electron chi connectivity index (χ3n) is 4.08. The highest BCUT2D eigenvalue weighted by Gasteiger charge is 2.20. The maximum Gasteiger partial charge on any atom is 0.339 e. The third-order valence-corrected chi connectivity index (χ3v) is 4.08. The third kappa shape index (κ3) is 5.07. The average Bonchev–Trinajstić information content (AvgIpc) is 2.59. The summed E-state index contributed by atoms with van der Waals surface area (Å²) in [7, 11) is 0. The maximum absolute atomic E-state index is 12.1. The summed E-state index contributed by atoms with van der Waals surface area (Å²) in [4.78, 5) is 12.1. The van der Waals surface area contributed by atoms with Crippen LogP contribution in [-0.4, -0.2) is 17.7 Å². The highest BCUT2D eigenvalue weighted by Crippen LogP contribution is 2.25. The summed E-state index contributed by atoms with van der Waals surface area (Å²) in [5, 5.41) is 12.2. The van der Waals surface area contributed by atoms with E-state index in [0.717, 1.165) is 23.6 Å². The highest BCUT2D eigenvalue weighted by atomic mass is 16.5. The van der Waals surface area contributed by atoms with Gasteiger partial charge in [-0.1, -0.05) is 81.5 Å². The number of ether oxygens (including phenoxy) is 1. The molecule has 1 N–H and O–H groups in total. The van der Waals surface area contributed by atoms with Gasteiger partial charge in [-0.15, -0.1) is 0 Å². The molecule has 0 aliphatic heterocycles. The molecule has 3 heteroatoms. The van der Waals surface area contributed by atoms with Gasteiger partial charge in [0.05, 0.1) is 6.61 Å². The van der Waals surface area contributed by atoms with E-state index in [2.05, 4.69) is 6.92 Å². The van der Waals surface area contributed by atoms with Crippen LogP contribution in [0.5, 0.6) is 0 Å². The molecule has 3 nitrogen and oxygen atoms in total. The van der Waals surface area contributed by atoms with Crippen molar-refractivity contribution in [3.8, 4) is 0 Å². The molecule has 0 aliphatic rings. The minimum absolute atomic E-state index is 0.382. The minimum Gasteiger partial charge on any atom is -0.464 e. The fourth-order valence-corrected chi connectivity index (χ4v) is 2.75. The summed E-state index contributed by atoms with van der Waals surface area (Å²) < 4.78 is 5.22. The van der Waals surface area contributed by atoms with Gasteiger partial charge in [-0.3, -0.25) is 0 Å². The first-order valence-corrected chi connectivity index (χ1v) is 8.56. The number of rotatable bonds is 9. The van der Waals surface area contributed by atoms with Gasteiger partial charge in [-0.25, -0.2) is 4.79 Å². The lowest BCUT2D eigenvalue weighted by atomic mass is 10.0. The van der Waals surface area contributed by atoms with Gasteiger partial charge < -0.3 is 9.84 Å². The topological polar surface area (TPSA) is 46.5 Å². The van der Waals surface area contributed by atoms with E-state index in [1.807, 2.05) is 36.4 Å². The summed E-state index contributed by atoms with van der Waals surface area (Å²) in [6.45, 7) is 2.57. The quantitative estimate of drug-likeness (QED) is 0.535. The van der Waals surface area contributed by atoms with E-state index < -0.39 is 12.1 Å². The van der Waals surface area contributed by atoms with E-state index in [0.29, 0.717) is 12.2 Å². The molecule has 2 aromatic carbocycles. The molecule has 124 valence electrons. The van der Waals surface area contributed by atoms with Crippen LogP contribution in [-0.2, 0) is 9.53 Å². The van der Waals surface area contributed by atoms with E-state index in [1.54, 1.807) is 6.07 Å². The van der Waals surface area contributed by atoms with E-state index >= 15 is 0 Å². The summed E-state index contributed by atoms with van der Waals surface area (Å²) >= 11 is 0. The van der Waals surface area contributed by atoms with Crippen LogP contribution in [0.15, 0.2) is 42.5 Å². The standard InChI is InChI=1S/C20H26O3/c1-2-3-4-5-6-9-15-23-20(22)19(21)18-14-10-12-16-11-7-8-13-17(16)18/h7-8,10-14,19,21H,2-6,9,15H2,1H3. The zero-order valence-electron chi connectivity index (χ0n) is 13.8. The Balaban J connectivity index is 1.84. The van der Waals surface area contributed by atoms with Gasteiger partial charge in [0.25, 0.3) is 0 Å². The van der Waals surface area contributed by atoms with Crippen LogP contribution >= 0.6 is 0 Å². The van der Waals surface area contributed by atoms with E-state index in [9.17, 15) is 9.90 Å². The number of esters is 1. The predicted molar refractivity (Wildman–Crippen MR) is 93.2 cm³/mol. The van der Waals surface area contributed by atoms with Gasteiger partial charge in [0, 0.05) is 0 Å². The molecule has 0 radical (unpaired) electrons. The second-order valence-corrected chi connectivity index (χ2v) is 5.91. The summed E-state index contributed by atoms with van der Waals surface area (Å²) in [6.07, 6.45) is 5.61. The molecule has 2 aromatic rings. The van der Waals surface area contributed by atoms with Crippen LogP contribution in [0.25, 0.3) is 10.8 Å². The molecule has 1 unspecified atom stereocenters. The number of aliphatic hydroxyl groups is 1. The predicted octanol–water partition coefficient (Wildman–Crippen LogP) is 4.78. The molecule has 2 rings (SSSR count). The van der Waals surface area contributed by atoms with Crippen molar-refractivity contribution in [2.24, 2.45) is 0 Å². The number of fused-ring (bicyclic) bond motifs is 1. The smallest absolute Gasteiger partial charge is 0.339 e. The van der Waals surface area contributed by atoms with Crippen molar-refractivity contribution in [2.45, 2.75) is 51.6 Å². The van der Waals surface area contributed by atoms with Crippen LogP contribution in [0.1, 0.15) is 57.1 Å². The number of carbonyl (C=O) groups is 1. The molecule has 0 fully saturated rings. The number of benzene rings is 2. The molecule has 0 bridgehead atoms. The monoisotopic (exact) mass is 314 g/mol. The second kappa shape index (κ2) is 9.31. The van der Waals surface area contributed by atoms with Crippen LogP contribution in [0.4, 0.5) is 0 Å². The van der Waals surface area contributed by atoms with E-state index in [4.69, 9.17) is 4.74 Å². The molecule has 0 aromatic heterocycles. The van der Waals surface area contributed by atoms with Gasteiger partial charge in [-0.05, 0) is 22.8 Å². The van der Waals surface area contributed by atoms with Crippen LogP contribution < -0.4 is 0 Å². The first-order chi connectivity index (χ1) is 11.2. The van der Waals surface area contributed by atoms with Gasteiger partial charge in [-0.2, -0.15) is 0 Å². The molecule has 0 heterocycles. The number of hydrogen-bond acceptors (Lipinski definition) is 3. The largest absolute Gasteiger partial charge is 0.464 e. The van der Waals surface area contributed by atoms with Crippen LogP contribution in [0.2, 0.25) is 0 Å². The normalized spacial score (nSPS) is 12.3. The fourth-order valence-electron chi connectivity index (χ4n) is 2.75. The van der Waals surface area contributed by atoms with Crippen LogP contribution in [0.3, 0.4) is 0 Å². The zero-order valence-corrected chi connectivity index (χ0v) is 13.8. The highest BCUT2D eigenvalue weighted by molar-refractivity contribution is 5.90. The maximum atomic E-state index is 12.1. The number of hydrogen-bond donors (Lipinski definition) is 1. The molecule has 0 aliphatic carbocycles. The lowest BCUT2D eigenvalue weighted by molar-refractivity contribution is -0.154. The van der Waals surface area contributed by atoms with E-state index in [1.165, 1.54) is 25.7 Å². The Hall–Kier alpha value is -1.87. The Morgan fingerprint density at radius 3 is 2.52 bits per heavy atom.